The Labute approximate surface area is 468 Å². The largest absolute Gasteiger partial charge is 0.477 e. The Morgan fingerprint density at radius 2 is 1.10 bits per heavy atom. The molecule has 0 saturated carbocycles. The maximum absolute atomic E-state index is 13.3. The van der Waals surface area contributed by atoms with Gasteiger partial charge in [-0.3, -0.25) is 9.59 Å². The molecule has 23 nitrogen and oxygen atoms in total. The van der Waals surface area contributed by atoms with Crippen LogP contribution in [0.5, 0.6) is 0 Å². The molecule has 0 bridgehead atoms. The molecule has 18 atom stereocenters. The molecular formula is C56H104N2O21. The van der Waals surface area contributed by atoms with Gasteiger partial charge >= 0.3 is 5.97 Å². The molecule has 23 heteroatoms. The van der Waals surface area contributed by atoms with Crippen molar-refractivity contribution >= 4 is 17.8 Å². The second-order valence-electron chi connectivity index (χ2n) is 22.2. The van der Waals surface area contributed by atoms with E-state index in [1.54, 1.807) is 0 Å². The zero-order chi connectivity index (χ0) is 58.3. The molecular weight excluding hydrogens is 1040 g/mol. The van der Waals surface area contributed by atoms with E-state index in [2.05, 4.69) is 24.5 Å². The van der Waals surface area contributed by atoms with E-state index in [-0.39, 0.29) is 18.9 Å². The van der Waals surface area contributed by atoms with Gasteiger partial charge in [-0.15, -0.1) is 0 Å². The van der Waals surface area contributed by atoms with E-state index in [0.717, 1.165) is 58.3 Å². The Bertz CT molecular complexity index is 1640. The highest BCUT2D eigenvalue weighted by atomic mass is 16.8. The van der Waals surface area contributed by atoms with Crippen molar-refractivity contribution in [3.8, 4) is 0 Å². The molecule has 18 unspecified atom stereocenters. The van der Waals surface area contributed by atoms with Gasteiger partial charge in [-0.1, -0.05) is 168 Å². The number of amides is 2. The number of aliphatic hydroxyl groups excluding tert-OH is 11. The van der Waals surface area contributed by atoms with Gasteiger partial charge in [0.15, 0.2) is 12.6 Å². The van der Waals surface area contributed by atoms with Gasteiger partial charge in [-0.05, 0) is 12.8 Å². The van der Waals surface area contributed by atoms with Gasteiger partial charge in [0.1, 0.15) is 67.1 Å². The molecule has 0 spiro atoms. The standard InChI is InChI=1S/C56H104N2O21/c1-4-6-8-10-12-14-15-16-17-18-19-20-22-24-26-28-30-43(66)58-37(38(63)29-27-25-23-21-13-11-9-7-5-2)35-74-53-48(70)47(69)50(42(34-61)76-53)77-54-49(71)52(46(68)41(33-60)75-54)79-56(55(72)73)31-39(64)44(57-36(3)62)51(78-56)45(67)40(65)32-59/h37-42,44-54,59-61,63-65,67-71H,4-35H2,1-3H3,(H,57,62)(H,58,66)(H,72,73). The minimum Gasteiger partial charge on any atom is -0.477 e. The summed E-state index contributed by atoms with van der Waals surface area (Å²) in [6.07, 6.45) is 0.129. The maximum atomic E-state index is 13.3. The number of aliphatic carboxylic acids is 1. The van der Waals surface area contributed by atoms with Crippen LogP contribution in [0.1, 0.15) is 201 Å². The average molecular weight is 1140 g/mol. The van der Waals surface area contributed by atoms with Crippen LogP contribution in [0.2, 0.25) is 0 Å². The molecule has 0 aliphatic carbocycles. The lowest BCUT2D eigenvalue weighted by Gasteiger charge is -2.50. The zero-order valence-corrected chi connectivity index (χ0v) is 47.5. The van der Waals surface area contributed by atoms with E-state index in [4.69, 9.17) is 28.4 Å². The number of ether oxygens (including phenoxy) is 6. The topological polar surface area (TPSA) is 373 Å². The first-order chi connectivity index (χ1) is 37.9. The number of carbonyl (C=O) groups excluding carboxylic acids is 2. The van der Waals surface area contributed by atoms with E-state index < -0.39 is 148 Å². The van der Waals surface area contributed by atoms with E-state index in [1.807, 2.05) is 0 Å². The Morgan fingerprint density at radius 3 is 1.58 bits per heavy atom. The molecule has 0 aromatic heterocycles. The highest BCUT2D eigenvalue weighted by Crippen LogP contribution is 2.38. The SMILES string of the molecule is CCCCCCCCCCCCCCCCCCC(=O)NC(COC1OC(CO)C(OC2OC(CO)C(O)C(OC3(C(=O)O)CC(O)C(NC(C)=O)C(C(O)C(O)CO)O3)C2O)C(O)C1O)C(O)CCCCCCCCCCC. The highest BCUT2D eigenvalue weighted by Gasteiger charge is 2.60. The highest BCUT2D eigenvalue weighted by molar-refractivity contribution is 5.77. The minimum absolute atomic E-state index is 0.228. The molecule has 79 heavy (non-hydrogen) atoms. The average Bonchev–Trinajstić information content (AvgIpc) is 3.52. The van der Waals surface area contributed by atoms with Crippen LogP contribution in [0.3, 0.4) is 0 Å². The Balaban J connectivity index is 1.65. The number of carbonyl (C=O) groups is 3. The second-order valence-corrected chi connectivity index (χ2v) is 22.2. The lowest BCUT2D eigenvalue weighted by Crippen LogP contribution is -2.70. The summed E-state index contributed by atoms with van der Waals surface area (Å²) in [5.74, 6) is -6.10. The molecule has 3 heterocycles. The summed E-state index contributed by atoms with van der Waals surface area (Å²) >= 11 is 0. The summed E-state index contributed by atoms with van der Waals surface area (Å²) < 4.78 is 34.7. The first kappa shape index (κ1) is 71.0. The third-order valence-corrected chi connectivity index (χ3v) is 15.6. The summed E-state index contributed by atoms with van der Waals surface area (Å²) in [7, 11) is 0. The van der Waals surface area contributed by atoms with Crippen LogP contribution in [-0.2, 0) is 42.8 Å². The first-order valence-corrected chi connectivity index (χ1v) is 29.9. The predicted molar refractivity (Wildman–Crippen MR) is 288 cm³/mol. The van der Waals surface area contributed by atoms with Crippen molar-refractivity contribution in [2.45, 2.75) is 310 Å². The summed E-state index contributed by atoms with van der Waals surface area (Å²) in [6.45, 7) is 2.14. The fourth-order valence-corrected chi connectivity index (χ4v) is 10.7. The summed E-state index contributed by atoms with van der Waals surface area (Å²) in [5.41, 5.74) is 0. The number of carboxylic acids is 1. The normalized spacial score (nSPS) is 30.8. The van der Waals surface area contributed by atoms with Crippen LogP contribution >= 0.6 is 0 Å². The molecule has 464 valence electrons. The van der Waals surface area contributed by atoms with Crippen LogP contribution in [-0.4, -0.2) is 215 Å². The fraction of sp³-hybridized carbons (Fsp3) is 0.946. The van der Waals surface area contributed by atoms with E-state index >= 15 is 0 Å². The van der Waals surface area contributed by atoms with Crippen LogP contribution in [0.4, 0.5) is 0 Å². The number of nitrogens with one attached hydrogen (secondary N) is 2. The van der Waals surface area contributed by atoms with E-state index in [1.165, 1.54) is 96.3 Å². The van der Waals surface area contributed by atoms with Gasteiger partial charge in [0.05, 0.1) is 50.7 Å². The van der Waals surface area contributed by atoms with Gasteiger partial charge in [-0.25, -0.2) is 4.79 Å². The van der Waals surface area contributed by atoms with Crippen LogP contribution in [0, 0.1) is 0 Å². The Kier molecular flexibility index (Phi) is 35.3. The lowest BCUT2D eigenvalue weighted by molar-refractivity contribution is -0.386. The fourth-order valence-electron chi connectivity index (χ4n) is 10.7. The van der Waals surface area contributed by atoms with Gasteiger partial charge in [0.25, 0.3) is 5.79 Å². The first-order valence-electron chi connectivity index (χ1n) is 29.9. The molecule has 0 aromatic carbocycles. The number of rotatable bonds is 43. The maximum Gasteiger partial charge on any atom is 0.364 e. The van der Waals surface area contributed by atoms with Gasteiger partial charge in [-0.2, -0.15) is 0 Å². The summed E-state index contributed by atoms with van der Waals surface area (Å²) in [4.78, 5) is 38.3. The third kappa shape index (κ3) is 24.1. The number of hydrogen-bond acceptors (Lipinski definition) is 20. The number of carboxylic acid groups (broad SMARTS) is 1. The van der Waals surface area contributed by atoms with Crippen LogP contribution in [0.25, 0.3) is 0 Å². The third-order valence-electron chi connectivity index (χ3n) is 15.6. The molecule has 3 aliphatic rings. The number of hydrogen-bond donors (Lipinski definition) is 14. The summed E-state index contributed by atoms with van der Waals surface area (Å²) in [5, 5.41) is 135. The Morgan fingerprint density at radius 1 is 0.608 bits per heavy atom. The predicted octanol–water partition coefficient (Wildman–Crippen LogP) is 2.22. The number of aliphatic hydroxyl groups is 11. The number of unbranched alkanes of at least 4 members (excludes halogenated alkanes) is 23. The van der Waals surface area contributed by atoms with Crippen LogP contribution < -0.4 is 10.6 Å². The molecule has 0 radical (unpaired) electrons. The summed E-state index contributed by atoms with van der Waals surface area (Å²) in [6, 6.07) is -2.52. The van der Waals surface area contributed by atoms with E-state index in [0.29, 0.717) is 19.3 Å². The van der Waals surface area contributed by atoms with Crippen molar-refractivity contribution in [1.29, 1.82) is 0 Å². The van der Waals surface area contributed by atoms with Gasteiger partial charge in [0.2, 0.25) is 11.8 Å². The van der Waals surface area contributed by atoms with Crippen molar-refractivity contribution in [1.82, 2.24) is 10.6 Å². The molecule has 2 amide bonds. The van der Waals surface area contributed by atoms with Gasteiger partial charge < -0.3 is 100 Å². The molecule has 3 rings (SSSR count). The van der Waals surface area contributed by atoms with Crippen molar-refractivity contribution < 1.29 is 104 Å². The second kappa shape index (κ2) is 39.3. The van der Waals surface area contributed by atoms with Crippen molar-refractivity contribution in [3.63, 3.8) is 0 Å². The lowest BCUT2D eigenvalue weighted by atomic mass is 9.88. The zero-order valence-electron chi connectivity index (χ0n) is 47.5. The van der Waals surface area contributed by atoms with Crippen molar-refractivity contribution in [2.24, 2.45) is 0 Å². The van der Waals surface area contributed by atoms with Crippen molar-refractivity contribution in [2.75, 3.05) is 26.4 Å². The Hall–Kier alpha value is -2.27. The van der Waals surface area contributed by atoms with Gasteiger partial charge in [0, 0.05) is 19.8 Å². The quantitative estimate of drug-likeness (QED) is 0.0389. The van der Waals surface area contributed by atoms with E-state index in [9.17, 15) is 75.7 Å². The van der Waals surface area contributed by atoms with Crippen LogP contribution in [0.15, 0.2) is 0 Å². The molecule has 14 N–H and O–H groups in total. The molecule has 0 aromatic rings. The monoisotopic (exact) mass is 1140 g/mol. The molecule has 3 fully saturated rings. The molecule has 3 saturated heterocycles. The van der Waals surface area contributed by atoms with Crippen molar-refractivity contribution in [3.05, 3.63) is 0 Å². The minimum atomic E-state index is -3.07. The molecule has 3 aliphatic heterocycles. The smallest absolute Gasteiger partial charge is 0.364 e.